The van der Waals surface area contributed by atoms with Crippen molar-refractivity contribution in [3.63, 3.8) is 0 Å². The van der Waals surface area contributed by atoms with Crippen LogP contribution in [0, 0.1) is 5.92 Å². The van der Waals surface area contributed by atoms with E-state index < -0.39 is 0 Å². The zero-order chi connectivity index (χ0) is 18.1. The summed E-state index contributed by atoms with van der Waals surface area (Å²) in [6, 6.07) is 14.0. The molecular weight excluding hydrogens is 342 g/mol. The Morgan fingerprint density at radius 2 is 2.15 bits per heavy atom. The molecule has 0 bridgehead atoms. The van der Waals surface area contributed by atoms with Crippen molar-refractivity contribution >= 4 is 28.1 Å². The number of carbonyl (C=O) groups is 1. The number of thiophene rings is 1. The van der Waals surface area contributed by atoms with E-state index in [4.69, 9.17) is 10.7 Å². The standard InChI is InChI=1S/C21H23N3OS/c1-14(22)15-6-4-10-24(13-15)21(25)17-12-19(20-9-5-11-26-20)23-18-8-3-2-7-16(17)18/h2-3,5,7-9,11-12,14-15H,4,6,10,13,22H2,1H3. The van der Waals surface area contributed by atoms with Gasteiger partial charge in [-0.05, 0) is 49.3 Å². The molecule has 1 aliphatic rings. The van der Waals surface area contributed by atoms with Crippen molar-refractivity contribution in [2.75, 3.05) is 13.1 Å². The SMILES string of the molecule is CC(N)C1CCCN(C(=O)c2cc(-c3cccs3)nc3ccccc23)C1. The second kappa shape index (κ2) is 7.17. The number of likely N-dealkylation sites (tertiary alicyclic amines) is 1. The summed E-state index contributed by atoms with van der Waals surface area (Å²) in [6.45, 7) is 3.57. The third kappa shape index (κ3) is 3.24. The van der Waals surface area contributed by atoms with E-state index in [1.54, 1.807) is 11.3 Å². The van der Waals surface area contributed by atoms with Gasteiger partial charge in [0.05, 0.1) is 21.7 Å². The van der Waals surface area contributed by atoms with Crippen LogP contribution >= 0.6 is 11.3 Å². The van der Waals surface area contributed by atoms with Crippen molar-refractivity contribution in [2.24, 2.45) is 11.7 Å². The van der Waals surface area contributed by atoms with Gasteiger partial charge in [0.2, 0.25) is 0 Å². The van der Waals surface area contributed by atoms with E-state index in [-0.39, 0.29) is 11.9 Å². The average Bonchev–Trinajstić information content (AvgIpc) is 3.21. The number of aromatic nitrogens is 1. The molecule has 0 saturated carbocycles. The molecule has 3 aromatic rings. The Hall–Kier alpha value is -2.24. The molecule has 1 fully saturated rings. The van der Waals surface area contributed by atoms with Gasteiger partial charge in [0, 0.05) is 24.5 Å². The highest BCUT2D eigenvalue weighted by Gasteiger charge is 2.27. The van der Waals surface area contributed by atoms with Crippen LogP contribution < -0.4 is 5.73 Å². The summed E-state index contributed by atoms with van der Waals surface area (Å²) in [5.41, 5.74) is 8.57. The Kier molecular flexibility index (Phi) is 4.74. The first-order valence-corrected chi connectivity index (χ1v) is 10.00. The van der Waals surface area contributed by atoms with Crippen LogP contribution in [0.2, 0.25) is 0 Å². The molecule has 4 nitrogen and oxygen atoms in total. The van der Waals surface area contributed by atoms with Gasteiger partial charge in [0.1, 0.15) is 0 Å². The maximum Gasteiger partial charge on any atom is 0.254 e. The maximum absolute atomic E-state index is 13.4. The zero-order valence-electron chi connectivity index (χ0n) is 14.9. The fraction of sp³-hybridized carbons (Fsp3) is 0.333. The minimum atomic E-state index is 0.0896. The lowest BCUT2D eigenvalue weighted by Crippen LogP contribution is -2.45. The summed E-state index contributed by atoms with van der Waals surface area (Å²) in [6.07, 6.45) is 2.11. The average molecular weight is 366 g/mol. The summed E-state index contributed by atoms with van der Waals surface area (Å²) in [5, 5.41) is 2.95. The molecule has 3 heterocycles. The molecule has 5 heteroatoms. The molecule has 4 rings (SSSR count). The maximum atomic E-state index is 13.4. The van der Waals surface area contributed by atoms with E-state index in [1.807, 2.05) is 59.7 Å². The molecule has 1 aromatic carbocycles. The number of nitrogens with zero attached hydrogens (tertiary/aromatic N) is 2. The first-order valence-electron chi connectivity index (χ1n) is 9.12. The zero-order valence-corrected chi connectivity index (χ0v) is 15.7. The number of rotatable bonds is 3. The molecule has 0 aliphatic carbocycles. The summed E-state index contributed by atoms with van der Waals surface area (Å²) in [7, 11) is 0. The lowest BCUT2D eigenvalue weighted by atomic mass is 9.91. The first kappa shape index (κ1) is 17.2. The van der Waals surface area contributed by atoms with E-state index >= 15 is 0 Å². The van der Waals surface area contributed by atoms with Crippen molar-refractivity contribution in [2.45, 2.75) is 25.8 Å². The topological polar surface area (TPSA) is 59.2 Å². The second-order valence-electron chi connectivity index (χ2n) is 7.06. The number of pyridine rings is 1. The van der Waals surface area contributed by atoms with Gasteiger partial charge < -0.3 is 10.6 Å². The molecule has 1 saturated heterocycles. The number of carbonyl (C=O) groups excluding carboxylic acids is 1. The number of piperidine rings is 1. The van der Waals surface area contributed by atoms with Gasteiger partial charge in [0.25, 0.3) is 5.91 Å². The number of hydrogen-bond donors (Lipinski definition) is 1. The Morgan fingerprint density at radius 1 is 1.31 bits per heavy atom. The van der Waals surface area contributed by atoms with E-state index in [1.165, 1.54) is 0 Å². The summed E-state index contributed by atoms with van der Waals surface area (Å²) >= 11 is 1.64. The quantitative estimate of drug-likeness (QED) is 0.758. The van der Waals surface area contributed by atoms with Gasteiger partial charge in [-0.1, -0.05) is 24.3 Å². The number of benzene rings is 1. The van der Waals surface area contributed by atoms with Crippen LogP contribution in [-0.2, 0) is 0 Å². The van der Waals surface area contributed by atoms with E-state index in [0.717, 1.165) is 53.0 Å². The number of hydrogen-bond acceptors (Lipinski definition) is 4. The first-order chi connectivity index (χ1) is 12.6. The number of fused-ring (bicyclic) bond motifs is 1. The molecule has 0 radical (unpaired) electrons. The Balaban J connectivity index is 1.76. The van der Waals surface area contributed by atoms with Crippen molar-refractivity contribution in [3.8, 4) is 10.6 Å². The van der Waals surface area contributed by atoms with Crippen molar-refractivity contribution in [1.29, 1.82) is 0 Å². The molecule has 134 valence electrons. The smallest absolute Gasteiger partial charge is 0.254 e. The van der Waals surface area contributed by atoms with Gasteiger partial charge in [-0.15, -0.1) is 11.3 Å². The second-order valence-corrected chi connectivity index (χ2v) is 8.01. The van der Waals surface area contributed by atoms with Crippen molar-refractivity contribution < 1.29 is 4.79 Å². The van der Waals surface area contributed by atoms with E-state index in [9.17, 15) is 4.79 Å². The Labute approximate surface area is 157 Å². The number of para-hydroxylation sites is 1. The molecule has 26 heavy (non-hydrogen) atoms. The van der Waals surface area contributed by atoms with Crippen LogP contribution in [0.1, 0.15) is 30.1 Å². The highest BCUT2D eigenvalue weighted by atomic mass is 32.1. The predicted octanol–water partition coefficient (Wildman–Crippen LogP) is 4.16. The summed E-state index contributed by atoms with van der Waals surface area (Å²) in [4.78, 5) is 21.2. The molecular formula is C21H23N3OS. The van der Waals surface area contributed by atoms with Crippen LogP contribution in [0.15, 0.2) is 47.8 Å². The van der Waals surface area contributed by atoms with E-state index in [0.29, 0.717) is 5.92 Å². The predicted molar refractivity (Wildman–Crippen MR) is 107 cm³/mol. The highest BCUT2D eigenvalue weighted by Crippen LogP contribution is 2.29. The van der Waals surface area contributed by atoms with Gasteiger partial charge in [-0.25, -0.2) is 4.98 Å². The molecule has 0 spiro atoms. The molecule has 2 unspecified atom stereocenters. The third-order valence-electron chi connectivity index (χ3n) is 5.21. The van der Waals surface area contributed by atoms with Crippen molar-refractivity contribution in [1.82, 2.24) is 9.88 Å². The monoisotopic (exact) mass is 365 g/mol. The number of amides is 1. The van der Waals surface area contributed by atoms with Crippen LogP contribution in [0.25, 0.3) is 21.5 Å². The van der Waals surface area contributed by atoms with E-state index in [2.05, 4.69) is 0 Å². The third-order valence-corrected chi connectivity index (χ3v) is 6.10. The van der Waals surface area contributed by atoms with Gasteiger partial charge in [0.15, 0.2) is 0 Å². The molecule has 1 aliphatic heterocycles. The minimum Gasteiger partial charge on any atom is -0.338 e. The van der Waals surface area contributed by atoms with Gasteiger partial charge in [-0.3, -0.25) is 4.79 Å². The van der Waals surface area contributed by atoms with Crippen LogP contribution in [-0.4, -0.2) is 34.9 Å². The lowest BCUT2D eigenvalue weighted by molar-refractivity contribution is 0.0663. The molecule has 1 amide bonds. The molecule has 2 N–H and O–H groups in total. The highest BCUT2D eigenvalue weighted by molar-refractivity contribution is 7.13. The minimum absolute atomic E-state index is 0.0896. The van der Waals surface area contributed by atoms with Crippen LogP contribution in [0.3, 0.4) is 0 Å². The van der Waals surface area contributed by atoms with Gasteiger partial charge >= 0.3 is 0 Å². The molecule has 2 aromatic heterocycles. The molecule has 2 atom stereocenters. The van der Waals surface area contributed by atoms with Gasteiger partial charge in [-0.2, -0.15) is 0 Å². The van der Waals surface area contributed by atoms with Crippen molar-refractivity contribution in [3.05, 3.63) is 53.4 Å². The normalized spacial score (nSPS) is 18.8. The summed E-state index contributed by atoms with van der Waals surface area (Å²) in [5.74, 6) is 0.462. The largest absolute Gasteiger partial charge is 0.338 e. The Morgan fingerprint density at radius 3 is 2.92 bits per heavy atom. The Bertz CT molecular complexity index is 920. The van der Waals surface area contributed by atoms with Crippen LogP contribution in [0.5, 0.6) is 0 Å². The fourth-order valence-corrected chi connectivity index (χ4v) is 4.38. The fourth-order valence-electron chi connectivity index (χ4n) is 3.70. The number of nitrogens with two attached hydrogens (primary N) is 1. The summed E-state index contributed by atoms with van der Waals surface area (Å²) < 4.78 is 0. The lowest BCUT2D eigenvalue weighted by Gasteiger charge is -2.35. The van der Waals surface area contributed by atoms with Crippen LogP contribution in [0.4, 0.5) is 0 Å².